The monoisotopic (exact) mass is 251 g/mol. The minimum Gasteiger partial charge on any atom is -0.396 e. The van der Waals surface area contributed by atoms with E-state index < -0.39 is 5.41 Å². The van der Waals surface area contributed by atoms with Crippen LogP contribution in [0.3, 0.4) is 0 Å². The molecule has 0 bridgehead atoms. The molecular weight excluding hydrogens is 233 g/mol. The molecule has 0 aromatic heterocycles. The number of aliphatic hydroxyl groups excluding tert-OH is 1. The van der Waals surface area contributed by atoms with Crippen molar-refractivity contribution in [1.29, 1.82) is 0 Å². The highest BCUT2D eigenvalue weighted by molar-refractivity contribution is 5.89. The molecule has 1 aliphatic rings. The Kier molecular flexibility index (Phi) is 3.97. The van der Waals surface area contributed by atoms with Crippen LogP contribution in [0.2, 0.25) is 0 Å². The van der Waals surface area contributed by atoms with Crippen molar-refractivity contribution in [3.8, 4) is 0 Å². The summed E-state index contributed by atoms with van der Waals surface area (Å²) in [6.07, 6.45) is 3.20. The zero-order valence-corrected chi connectivity index (χ0v) is 10.3. The summed E-state index contributed by atoms with van der Waals surface area (Å²) in [6.45, 7) is 0.558. The molecule has 2 N–H and O–H groups in total. The van der Waals surface area contributed by atoms with Gasteiger partial charge in [-0.15, -0.1) is 0 Å². The summed E-state index contributed by atoms with van der Waals surface area (Å²) in [4.78, 5) is 12.2. The van der Waals surface area contributed by atoms with Crippen molar-refractivity contribution in [3.05, 3.63) is 35.6 Å². The van der Waals surface area contributed by atoms with E-state index in [1.54, 1.807) is 12.1 Å². The molecule has 1 fully saturated rings. The van der Waals surface area contributed by atoms with Crippen LogP contribution in [0.25, 0.3) is 0 Å². The second-order valence-electron chi connectivity index (χ2n) is 4.78. The van der Waals surface area contributed by atoms with Gasteiger partial charge in [0.05, 0.1) is 5.41 Å². The van der Waals surface area contributed by atoms with Crippen molar-refractivity contribution in [2.24, 2.45) is 0 Å². The highest BCUT2D eigenvalue weighted by Crippen LogP contribution is 2.43. The molecule has 0 heterocycles. The lowest BCUT2D eigenvalue weighted by Crippen LogP contribution is -2.49. The quantitative estimate of drug-likeness (QED) is 0.783. The van der Waals surface area contributed by atoms with Gasteiger partial charge >= 0.3 is 0 Å². The molecule has 0 aliphatic heterocycles. The normalized spacial score (nSPS) is 17.0. The number of hydrogen-bond donors (Lipinski definition) is 2. The molecule has 0 spiro atoms. The molecule has 1 amide bonds. The number of aliphatic hydroxyl groups is 1. The Morgan fingerprint density at radius 3 is 2.50 bits per heavy atom. The highest BCUT2D eigenvalue weighted by atomic mass is 19.1. The van der Waals surface area contributed by atoms with Crippen LogP contribution in [0.5, 0.6) is 0 Å². The molecular formula is C14H18FNO2. The first-order valence-corrected chi connectivity index (χ1v) is 6.34. The van der Waals surface area contributed by atoms with E-state index in [0.717, 1.165) is 24.8 Å². The minimum atomic E-state index is -0.483. The highest BCUT2D eigenvalue weighted by Gasteiger charge is 2.45. The average Bonchev–Trinajstić information content (AvgIpc) is 2.30. The largest absolute Gasteiger partial charge is 0.396 e. The third-order valence-corrected chi connectivity index (χ3v) is 3.66. The van der Waals surface area contributed by atoms with E-state index in [9.17, 15) is 9.18 Å². The lowest BCUT2D eigenvalue weighted by Gasteiger charge is -2.40. The number of hydrogen-bond acceptors (Lipinski definition) is 2. The first kappa shape index (κ1) is 13.0. The van der Waals surface area contributed by atoms with E-state index in [4.69, 9.17) is 5.11 Å². The van der Waals surface area contributed by atoms with Gasteiger partial charge in [-0.1, -0.05) is 18.6 Å². The van der Waals surface area contributed by atoms with Gasteiger partial charge in [-0.2, -0.15) is 0 Å². The lowest BCUT2D eigenvalue weighted by molar-refractivity contribution is -0.129. The third-order valence-electron chi connectivity index (χ3n) is 3.66. The molecule has 1 aliphatic carbocycles. The van der Waals surface area contributed by atoms with E-state index in [-0.39, 0.29) is 18.3 Å². The summed E-state index contributed by atoms with van der Waals surface area (Å²) < 4.78 is 12.9. The Hall–Kier alpha value is -1.42. The summed E-state index contributed by atoms with van der Waals surface area (Å²) in [6, 6.07) is 6.19. The second kappa shape index (κ2) is 5.48. The molecule has 1 aromatic rings. The van der Waals surface area contributed by atoms with Gasteiger partial charge in [0, 0.05) is 13.2 Å². The summed E-state index contributed by atoms with van der Waals surface area (Å²) in [5.74, 6) is -0.289. The van der Waals surface area contributed by atoms with Crippen molar-refractivity contribution in [1.82, 2.24) is 5.32 Å². The summed E-state index contributed by atoms with van der Waals surface area (Å²) in [7, 11) is 0. The van der Waals surface area contributed by atoms with Crippen molar-refractivity contribution in [2.45, 2.75) is 31.1 Å². The topological polar surface area (TPSA) is 49.3 Å². The van der Waals surface area contributed by atoms with Crippen LogP contribution in [-0.4, -0.2) is 24.2 Å². The maximum absolute atomic E-state index is 12.9. The van der Waals surface area contributed by atoms with Crippen LogP contribution in [-0.2, 0) is 10.2 Å². The molecule has 98 valence electrons. The predicted molar refractivity (Wildman–Crippen MR) is 66.6 cm³/mol. The molecule has 18 heavy (non-hydrogen) atoms. The molecule has 2 rings (SSSR count). The Morgan fingerprint density at radius 2 is 2.00 bits per heavy atom. The maximum Gasteiger partial charge on any atom is 0.230 e. The van der Waals surface area contributed by atoms with Crippen LogP contribution in [0.4, 0.5) is 4.39 Å². The van der Waals surface area contributed by atoms with Gasteiger partial charge in [0.1, 0.15) is 5.82 Å². The molecule has 0 atom stereocenters. The molecule has 3 nitrogen and oxygen atoms in total. The fourth-order valence-electron chi connectivity index (χ4n) is 2.40. The number of nitrogens with one attached hydrogen (secondary N) is 1. The zero-order valence-electron chi connectivity index (χ0n) is 10.3. The number of rotatable bonds is 5. The lowest BCUT2D eigenvalue weighted by atomic mass is 9.64. The van der Waals surface area contributed by atoms with Crippen LogP contribution >= 0.6 is 0 Å². The van der Waals surface area contributed by atoms with Crippen LogP contribution in [0.1, 0.15) is 31.2 Å². The molecule has 1 saturated carbocycles. The molecule has 0 saturated heterocycles. The zero-order chi connectivity index (χ0) is 13.0. The number of amides is 1. The molecule has 4 heteroatoms. The Bertz CT molecular complexity index is 412. The van der Waals surface area contributed by atoms with Gasteiger partial charge in [-0.3, -0.25) is 4.79 Å². The van der Waals surface area contributed by atoms with Crippen molar-refractivity contribution in [2.75, 3.05) is 13.2 Å². The smallest absolute Gasteiger partial charge is 0.230 e. The molecule has 0 radical (unpaired) electrons. The van der Waals surface area contributed by atoms with Gasteiger partial charge < -0.3 is 10.4 Å². The number of carbonyl (C=O) groups excluding carboxylic acids is 1. The number of halogens is 1. The van der Waals surface area contributed by atoms with Crippen LogP contribution in [0.15, 0.2) is 24.3 Å². The number of benzene rings is 1. The minimum absolute atomic E-state index is 0.00573. The summed E-state index contributed by atoms with van der Waals surface area (Å²) in [5, 5.41) is 11.6. The van der Waals surface area contributed by atoms with Gasteiger partial charge in [0.25, 0.3) is 0 Å². The predicted octanol–water partition coefficient (Wildman–Crippen LogP) is 1.75. The van der Waals surface area contributed by atoms with Gasteiger partial charge in [0.2, 0.25) is 5.91 Å². The Balaban J connectivity index is 2.10. The fraction of sp³-hybridized carbons (Fsp3) is 0.500. The van der Waals surface area contributed by atoms with Gasteiger partial charge in [-0.25, -0.2) is 4.39 Å². The van der Waals surface area contributed by atoms with E-state index >= 15 is 0 Å². The summed E-state index contributed by atoms with van der Waals surface area (Å²) in [5.41, 5.74) is 0.403. The van der Waals surface area contributed by atoms with Crippen molar-refractivity contribution >= 4 is 5.91 Å². The second-order valence-corrected chi connectivity index (χ2v) is 4.78. The van der Waals surface area contributed by atoms with Crippen molar-refractivity contribution < 1.29 is 14.3 Å². The summed E-state index contributed by atoms with van der Waals surface area (Å²) >= 11 is 0. The third kappa shape index (κ3) is 2.38. The first-order chi connectivity index (χ1) is 8.69. The standard InChI is InChI=1S/C14H18FNO2/c15-12-5-3-11(4-6-12)14(7-1-8-14)13(18)16-9-2-10-17/h3-6,17H,1-2,7-10H2,(H,16,18). The molecule has 0 unspecified atom stereocenters. The Morgan fingerprint density at radius 1 is 1.33 bits per heavy atom. The fourth-order valence-corrected chi connectivity index (χ4v) is 2.40. The van der Waals surface area contributed by atoms with E-state index in [0.29, 0.717) is 13.0 Å². The SMILES string of the molecule is O=C(NCCCO)C1(c2ccc(F)cc2)CCC1. The first-order valence-electron chi connectivity index (χ1n) is 6.34. The van der Waals surface area contributed by atoms with Crippen LogP contribution < -0.4 is 5.32 Å². The van der Waals surface area contributed by atoms with Gasteiger partial charge in [-0.05, 0) is 37.0 Å². The molecule has 1 aromatic carbocycles. The van der Waals surface area contributed by atoms with E-state index in [1.807, 2.05) is 0 Å². The number of carbonyl (C=O) groups is 1. The van der Waals surface area contributed by atoms with Gasteiger partial charge in [0.15, 0.2) is 0 Å². The van der Waals surface area contributed by atoms with E-state index in [2.05, 4.69) is 5.32 Å². The average molecular weight is 251 g/mol. The maximum atomic E-state index is 12.9. The van der Waals surface area contributed by atoms with E-state index in [1.165, 1.54) is 12.1 Å². The van der Waals surface area contributed by atoms with Crippen LogP contribution in [0, 0.1) is 5.82 Å². The Labute approximate surface area is 106 Å². The van der Waals surface area contributed by atoms with Crippen molar-refractivity contribution in [3.63, 3.8) is 0 Å².